The summed E-state index contributed by atoms with van der Waals surface area (Å²) in [5.41, 5.74) is 2.04. The summed E-state index contributed by atoms with van der Waals surface area (Å²) in [4.78, 5) is 0.128. The van der Waals surface area contributed by atoms with Gasteiger partial charge in [-0.25, -0.2) is 0 Å². The molecular weight excluding hydrogens is 428 g/mol. The van der Waals surface area contributed by atoms with Gasteiger partial charge in [0.05, 0.1) is 30.8 Å². The summed E-state index contributed by atoms with van der Waals surface area (Å²) >= 11 is 0. The quantitative estimate of drug-likeness (QED) is 0.384. The van der Waals surface area contributed by atoms with Crippen molar-refractivity contribution >= 4 is 10.1 Å². The lowest BCUT2D eigenvalue weighted by Crippen LogP contribution is -2.52. The summed E-state index contributed by atoms with van der Waals surface area (Å²) in [6.45, 7) is 10.3. The van der Waals surface area contributed by atoms with Gasteiger partial charge in [-0.3, -0.25) is 4.18 Å². The van der Waals surface area contributed by atoms with E-state index in [-0.39, 0.29) is 29.4 Å². The van der Waals surface area contributed by atoms with Crippen molar-refractivity contribution in [2.24, 2.45) is 11.8 Å². The molecule has 2 aromatic carbocycles. The fourth-order valence-corrected chi connectivity index (χ4v) is 4.59. The maximum atomic E-state index is 12.6. The van der Waals surface area contributed by atoms with E-state index in [0.717, 1.165) is 11.1 Å². The van der Waals surface area contributed by atoms with E-state index in [4.69, 9.17) is 18.4 Å². The average molecular weight is 461 g/mol. The second-order valence-corrected chi connectivity index (χ2v) is 9.81. The molecule has 0 amide bonds. The Morgan fingerprint density at radius 2 is 1.69 bits per heavy atom. The van der Waals surface area contributed by atoms with Crippen LogP contribution in [0.5, 0.6) is 0 Å². The number of hydrogen-bond donors (Lipinski definition) is 0. The molecule has 6 nitrogen and oxygen atoms in total. The van der Waals surface area contributed by atoms with Crippen LogP contribution in [-0.2, 0) is 35.1 Å². The van der Waals surface area contributed by atoms with Gasteiger partial charge in [-0.15, -0.1) is 6.58 Å². The van der Waals surface area contributed by atoms with Crippen LogP contribution >= 0.6 is 0 Å². The maximum Gasteiger partial charge on any atom is 0.297 e. The number of ether oxygens (including phenoxy) is 3. The molecule has 1 fully saturated rings. The van der Waals surface area contributed by atoms with E-state index in [9.17, 15) is 8.42 Å². The third-order valence-electron chi connectivity index (χ3n) is 5.87. The molecule has 0 bridgehead atoms. The van der Waals surface area contributed by atoms with Crippen molar-refractivity contribution in [2.75, 3.05) is 13.2 Å². The van der Waals surface area contributed by atoms with Gasteiger partial charge in [0.1, 0.15) is 6.10 Å². The standard InChI is InChI=1S/C25H32O6S/c1-5-15-28-25-24(29-16-21-9-7-6-8-10-21)20(4)19(3)23(31-25)17-30-32(26,27)22-13-11-18(2)12-14-22/h5-14,19-20,23-25H,1,15-17H2,2-4H3/t19-,20-,23+,24+,25-/m0/s1. The monoisotopic (exact) mass is 460 g/mol. The van der Waals surface area contributed by atoms with Gasteiger partial charge in [0.25, 0.3) is 10.1 Å². The Bertz CT molecular complexity index is 958. The lowest BCUT2D eigenvalue weighted by atomic mass is 9.83. The molecule has 0 N–H and O–H groups in total. The Kier molecular flexibility index (Phi) is 8.62. The predicted octanol–water partition coefficient (Wildman–Crippen LogP) is 4.49. The maximum absolute atomic E-state index is 12.6. The largest absolute Gasteiger partial charge is 0.368 e. The van der Waals surface area contributed by atoms with Crippen molar-refractivity contribution in [3.63, 3.8) is 0 Å². The molecule has 1 saturated heterocycles. The van der Waals surface area contributed by atoms with Crippen molar-refractivity contribution in [1.29, 1.82) is 0 Å². The number of hydrogen-bond acceptors (Lipinski definition) is 6. The summed E-state index contributed by atoms with van der Waals surface area (Å²) in [6, 6.07) is 16.5. The highest BCUT2D eigenvalue weighted by atomic mass is 32.2. The van der Waals surface area contributed by atoms with Crippen molar-refractivity contribution in [3.8, 4) is 0 Å². The van der Waals surface area contributed by atoms with Gasteiger partial charge in [0.2, 0.25) is 0 Å². The highest BCUT2D eigenvalue weighted by Gasteiger charge is 2.43. The Balaban J connectivity index is 1.67. The SMILES string of the molecule is C=CCO[C@H]1O[C@H](COS(=O)(=O)c2ccc(C)cc2)[C@@H](C)[C@H](C)[C@H]1OCc1ccccc1. The zero-order valence-electron chi connectivity index (χ0n) is 18.8. The summed E-state index contributed by atoms with van der Waals surface area (Å²) in [7, 11) is -3.88. The Hall–Kier alpha value is -2.03. The molecule has 3 rings (SSSR count). The van der Waals surface area contributed by atoms with Gasteiger partial charge in [-0.2, -0.15) is 8.42 Å². The smallest absolute Gasteiger partial charge is 0.297 e. The van der Waals surface area contributed by atoms with Crippen LogP contribution in [0.1, 0.15) is 25.0 Å². The third kappa shape index (κ3) is 6.27. The zero-order valence-corrected chi connectivity index (χ0v) is 19.7. The van der Waals surface area contributed by atoms with E-state index in [0.29, 0.717) is 13.2 Å². The lowest BCUT2D eigenvalue weighted by Gasteiger charge is -2.44. The minimum absolute atomic E-state index is 0.00688. The van der Waals surface area contributed by atoms with E-state index < -0.39 is 22.5 Å². The fourth-order valence-electron chi connectivity index (χ4n) is 3.67. The summed E-state index contributed by atoms with van der Waals surface area (Å²) in [5, 5.41) is 0. The van der Waals surface area contributed by atoms with E-state index >= 15 is 0 Å². The molecule has 174 valence electrons. The van der Waals surface area contributed by atoms with Crippen LogP contribution < -0.4 is 0 Å². The fraction of sp³-hybridized carbons (Fsp3) is 0.440. The van der Waals surface area contributed by atoms with E-state index in [1.807, 2.05) is 44.2 Å². The minimum Gasteiger partial charge on any atom is -0.368 e. The summed E-state index contributed by atoms with van der Waals surface area (Å²) in [5.74, 6) is 0.0468. The van der Waals surface area contributed by atoms with Crippen molar-refractivity contribution < 1.29 is 26.8 Å². The molecule has 5 atom stereocenters. The normalized spacial score (nSPS) is 26.0. The molecule has 0 aliphatic carbocycles. The highest BCUT2D eigenvalue weighted by Crippen LogP contribution is 2.34. The summed E-state index contributed by atoms with van der Waals surface area (Å²) in [6.07, 6.45) is 0.221. The molecule has 0 unspecified atom stereocenters. The molecule has 2 aromatic rings. The van der Waals surface area contributed by atoms with Gasteiger partial charge < -0.3 is 14.2 Å². The van der Waals surface area contributed by atoms with Crippen LogP contribution in [0.15, 0.2) is 72.1 Å². The molecular formula is C25H32O6S. The molecule has 0 radical (unpaired) electrons. The van der Waals surface area contributed by atoms with E-state index in [1.165, 1.54) is 0 Å². The van der Waals surface area contributed by atoms with Crippen molar-refractivity contribution in [2.45, 2.75) is 50.8 Å². The molecule has 1 aliphatic heterocycles. The lowest BCUT2D eigenvalue weighted by molar-refractivity contribution is -0.282. The van der Waals surface area contributed by atoms with E-state index in [2.05, 4.69) is 13.5 Å². The zero-order chi connectivity index (χ0) is 23.1. The van der Waals surface area contributed by atoms with Gasteiger partial charge in [-0.05, 0) is 36.5 Å². The Labute approximate surface area is 191 Å². The van der Waals surface area contributed by atoms with Gasteiger partial charge in [-0.1, -0.05) is 68.0 Å². The van der Waals surface area contributed by atoms with Crippen LogP contribution in [0, 0.1) is 18.8 Å². The van der Waals surface area contributed by atoms with Gasteiger partial charge in [0, 0.05) is 0 Å². The predicted molar refractivity (Wildman–Crippen MR) is 122 cm³/mol. The van der Waals surface area contributed by atoms with Crippen molar-refractivity contribution in [3.05, 3.63) is 78.4 Å². The second kappa shape index (κ2) is 11.2. The molecule has 1 heterocycles. The molecule has 0 saturated carbocycles. The Morgan fingerprint density at radius 3 is 2.34 bits per heavy atom. The van der Waals surface area contributed by atoms with Crippen molar-refractivity contribution in [1.82, 2.24) is 0 Å². The first-order chi connectivity index (χ1) is 15.3. The minimum atomic E-state index is -3.88. The number of aryl methyl sites for hydroxylation is 1. The molecule has 0 spiro atoms. The van der Waals surface area contributed by atoms with E-state index in [1.54, 1.807) is 30.3 Å². The molecule has 7 heteroatoms. The highest BCUT2D eigenvalue weighted by molar-refractivity contribution is 7.86. The van der Waals surface area contributed by atoms with Crippen LogP contribution in [0.2, 0.25) is 0 Å². The molecule has 1 aliphatic rings. The topological polar surface area (TPSA) is 71.1 Å². The summed E-state index contributed by atoms with van der Waals surface area (Å²) < 4.78 is 48.7. The van der Waals surface area contributed by atoms with Crippen LogP contribution in [0.4, 0.5) is 0 Å². The Morgan fingerprint density at radius 1 is 1.00 bits per heavy atom. The molecule has 0 aromatic heterocycles. The number of benzene rings is 2. The van der Waals surface area contributed by atoms with Crippen LogP contribution in [0.25, 0.3) is 0 Å². The van der Waals surface area contributed by atoms with Gasteiger partial charge >= 0.3 is 0 Å². The second-order valence-electron chi connectivity index (χ2n) is 8.20. The average Bonchev–Trinajstić information content (AvgIpc) is 2.79. The van der Waals surface area contributed by atoms with Crippen LogP contribution in [-0.4, -0.2) is 40.1 Å². The van der Waals surface area contributed by atoms with Gasteiger partial charge in [0.15, 0.2) is 6.29 Å². The first-order valence-corrected chi connectivity index (χ1v) is 12.2. The molecule has 32 heavy (non-hydrogen) atoms. The number of rotatable bonds is 10. The third-order valence-corrected chi connectivity index (χ3v) is 7.17. The van der Waals surface area contributed by atoms with Crippen LogP contribution in [0.3, 0.4) is 0 Å². The first-order valence-electron chi connectivity index (χ1n) is 10.8. The first kappa shape index (κ1) is 24.6.